The second-order valence-corrected chi connectivity index (χ2v) is 6.03. The Bertz CT molecular complexity index is 278. The molecule has 1 amide bonds. The van der Waals surface area contributed by atoms with E-state index >= 15 is 0 Å². The number of rotatable bonds is 5. The minimum Gasteiger partial charge on any atom is -0.394 e. The third-order valence-corrected chi connectivity index (χ3v) is 4.12. The normalized spacial score (nSPS) is 23.7. The van der Waals surface area contributed by atoms with Crippen LogP contribution in [0.25, 0.3) is 0 Å². The van der Waals surface area contributed by atoms with Crippen molar-refractivity contribution in [2.45, 2.75) is 45.1 Å². The van der Waals surface area contributed by atoms with E-state index in [9.17, 15) is 20.1 Å². The van der Waals surface area contributed by atoms with Gasteiger partial charge in [-0.05, 0) is 18.3 Å². The van der Waals surface area contributed by atoms with Gasteiger partial charge >= 0.3 is 0 Å². The van der Waals surface area contributed by atoms with E-state index in [1.807, 2.05) is 0 Å². The van der Waals surface area contributed by atoms with Gasteiger partial charge in [0.05, 0.1) is 19.8 Å². The smallest absolute Gasteiger partial charge is 0.224 e. The van der Waals surface area contributed by atoms with Gasteiger partial charge in [0.15, 0.2) is 0 Å². The summed E-state index contributed by atoms with van der Waals surface area (Å²) >= 11 is 0. The highest BCUT2D eigenvalue weighted by Crippen LogP contribution is 2.40. The molecule has 0 aliphatic heterocycles. The summed E-state index contributed by atoms with van der Waals surface area (Å²) in [5.41, 5.74) is -1.39. The molecule has 1 atom stereocenters. The molecule has 1 fully saturated rings. The Hall–Kier alpha value is -0.650. The van der Waals surface area contributed by atoms with Crippen LogP contribution in [-0.2, 0) is 4.79 Å². The number of carbonyl (C=O) groups is 1. The average Bonchev–Trinajstić information content (AvgIpc) is 2.35. The van der Waals surface area contributed by atoms with Gasteiger partial charge in [0.1, 0.15) is 5.54 Å². The first-order valence-electron chi connectivity index (χ1n) is 6.55. The average molecular weight is 259 g/mol. The van der Waals surface area contributed by atoms with Crippen molar-refractivity contribution in [2.75, 3.05) is 19.8 Å². The number of amides is 1. The van der Waals surface area contributed by atoms with Crippen LogP contribution in [0.1, 0.15) is 39.5 Å². The predicted molar refractivity (Wildman–Crippen MR) is 67.9 cm³/mol. The van der Waals surface area contributed by atoms with E-state index < -0.39 is 25.4 Å². The zero-order valence-corrected chi connectivity index (χ0v) is 11.3. The zero-order chi connectivity index (χ0) is 13.8. The van der Waals surface area contributed by atoms with Crippen molar-refractivity contribution in [1.82, 2.24) is 5.32 Å². The van der Waals surface area contributed by atoms with Gasteiger partial charge in [-0.25, -0.2) is 0 Å². The summed E-state index contributed by atoms with van der Waals surface area (Å²) in [6, 6.07) is 0. The Kier molecular flexibility index (Phi) is 5.13. The van der Waals surface area contributed by atoms with Crippen molar-refractivity contribution >= 4 is 5.91 Å². The number of nitrogens with one attached hydrogen (secondary N) is 1. The maximum Gasteiger partial charge on any atom is 0.224 e. The molecule has 106 valence electrons. The highest BCUT2D eigenvalue weighted by atomic mass is 16.3. The second kappa shape index (κ2) is 5.99. The molecule has 1 aliphatic carbocycles. The van der Waals surface area contributed by atoms with Crippen LogP contribution in [0.5, 0.6) is 0 Å². The quantitative estimate of drug-likeness (QED) is 0.561. The Morgan fingerprint density at radius 2 is 1.78 bits per heavy atom. The van der Waals surface area contributed by atoms with Crippen molar-refractivity contribution in [3.63, 3.8) is 0 Å². The van der Waals surface area contributed by atoms with Crippen LogP contribution in [0.2, 0.25) is 0 Å². The Balaban J connectivity index is 2.74. The molecule has 0 aromatic rings. The van der Waals surface area contributed by atoms with Crippen LogP contribution in [0.3, 0.4) is 0 Å². The maximum absolute atomic E-state index is 12.3. The molecule has 0 radical (unpaired) electrons. The van der Waals surface area contributed by atoms with E-state index in [4.69, 9.17) is 0 Å². The third kappa shape index (κ3) is 3.22. The lowest BCUT2D eigenvalue weighted by Crippen LogP contribution is -2.59. The van der Waals surface area contributed by atoms with Crippen molar-refractivity contribution in [2.24, 2.45) is 11.3 Å². The Labute approximate surface area is 108 Å². The summed E-state index contributed by atoms with van der Waals surface area (Å²) in [5, 5.41) is 30.3. The molecule has 0 aromatic carbocycles. The number of carbonyl (C=O) groups excluding carboxylic acids is 1. The molecule has 1 saturated carbocycles. The molecular weight excluding hydrogens is 234 g/mol. The standard InChI is InChI=1S/C13H25NO4/c1-12(2)6-4-3-5-10(12)11(18)14-13(7-15,8-16)9-17/h10,15-17H,3-9H2,1-2H3,(H,14,18). The Morgan fingerprint density at radius 3 is 2.22 bits per heavy atom. The monoisotopic (exact) mass is 259 g/mol. The van der Waals surface area contributed by atoms with E-state index in [-0.39, 0.29) is 17.2 Å². The van der Waals surface area contributed by atoms with Crippen LogP contribution in [-0.4, -0.2) is 46.6 Å². The topological polar surface area (TPSA) is 89.8 Å². The molecule has 18 heavy (non-hydrogen) atoms. The molecule has 1 unspecified atom stereocenters. The summed E-state index contributed by atoms with van der Waals surface area (Å²) < 4.78 is 0. The van der Waals surface area contributed by atoms with Gasteiger partial charge in [-0.15, -0.1) is 0 Å². The molecule has 5 nitrogen and oxygen atoms in total. The SMILES string of the molecule is CC1(C)CCCCC1C(=O)NC(CO)(CO)CO. The fourth-order valence-corrected chi connectivity index (χ4v) is 2.60. The highest BCUT2D eigenvalue weighted by molar-refractivity contribution is 5.80. The van der Waals surface area contributed by atoms with E-state index in [1.54, 1.807) is 0 Å². The highest BCUT2D eigenvalue weighted by Gasteiger charge is 2.40. The lowest BCUT2D eigenvalue weighted by molar-refractivity contribution is -0.134. The van der Waals surface area contributed by atoms with Crippen LogP contribution >= 0.6 is 0 Å². The molecule has 0 spiro atoms. The van der Waals surface area contributed by atoms with Gasteiger partial charge in [-0.3, -0.25) is 4.79 Å². The summed E-state index contributed by atoms with van der Waals surface area (Å²) in [4.78, 5) is 12.3. The molecule has 0 heterocycles. The van der Waals surface area contributed by atoms with Crippen LogP contribution in [0.4, 0.5) is 0 Å². The van der Waals surface area contributed by atoms with Crippen LogP contribution < -0.4 is 5.32 Å². The zero-order valence-electron chi connectivity index (χ0n) is 11.3. The summed E-state index contributed by atoms with van der Waals surface area (Å²) in [6.45, 7) is 2.71. The third-order valence-electron chi connectivity index (χ3n) is 4.12. The van der Waals surface area contributed by atoms with E-state index in [2.05, 4.69) is 19.2 Å². The molecule has 5 heteroatoms. The van der Waals surface area contributed by atoms with Gasteiger partial charge < -0.3 is 20.6 Å². The largest absolute Gasteiger partial charge is 0.394 e. The van der Waals surface area contributed by atoms with Gasteiger partial charge in [-0.1, -0.05) is 26.7 Å². The number of aliphatic hydroxyl groups excluding tert-OH is 3. The Morgan fingerprint density at radius 1 is 1.22 bits per heavy atom. The first-order valence-corrected chi connectivity index (χ1v) is 6.55. The molecule has 1 aliphatic rings. The van der Waals surface area contributed by atoms with Crippen LogP contribution in [0, 0.1) is 11.3 Å². The molecule has 0 bridgehead atoms. The fourth-order valence-electron chi connectivity index (χ4n) is 2.60. The number of hydrogen-bond acceptors (Lipinski definition) is 4. The molecule has 0 saturated heterocycles. The molecule has 4 N–H and O–H groups in total. The summed E-state index contributed by atoms with van der Waals surface area (Å²) in [6.07, 6.45) is 3.96. The van der Waals surface area contributed by atoms with Gasteiger partial charge in [0, 0.05) is 5.92 Å². The van der Waals surface area contributed by atoms with E-state index in [1.165, 1.54) is 0 Å². The van der Waals surface area contributed by atoms with Crippen molar-refractivity contribution in [1.29, 1.82) is 0 Å². The van der Waals surface area contributed by atoms with Gasteiger partial charge in [0.25, 0.3) is 0 Å². The summed E-state index contributed by atoms with van der Waals surface area (Å²) in [5.74, 6) is -0.313. The minimum absolute atomic E-state index is 0.0750. The minimum atomic E-state index is -1.31. The summed E-state index contributed by atoms with van der Waals surface area (Å²) in [7, 11) is 0. The van der Waals surface area contributed by atoms with E-state index in [0.29, 0.717) is 0 Å². The molecule has 1 rings (SSSR count). The maximum atomic E-state index is 12.3. The predicted octanol–water partition coefficient (Wildman–Crippen LogP) is 0.0347. The van der Waals surface area contributed by atoms with Crippen molar-refractivity contribution in [3.8, 4) is 0 Å². The van der Waals surface area contributed by atoms with Crippen molar-refractivity contribution < 1.29 is 20.1 Å². The van der Waals surface area contributed by atoms with Gasteiger partial charge in [-0.2, -0.15) is 0 Å². The lowest BCUT2D eigenvalue weighted by atomic mass is 9.68. The molecular formula is C13H25NO4. The van der Waals surface area contributed by atoms with Crippen LogP contribution in [0.15, 0.2) is 0 Å². The first-order chi connectivity index (χ1) is 8.40. The molecule has 0 aromatic heterocycles. The first kappa shape index (κ1) is 15.4. The lowest BCUT2D eigenvalue weighted by Gasteiger charge is -2.40. The van der Waals surface area contributed by atoms with E-state index in [0.717, 1.165) is 25.7 Å². The number of aliphatic hydroxyl groups is 3. The fraction of sp³-hybridized carbons (Fsp3) is 0.923. The van der Waals surface area contributed by atoms with Gasteiger partial charge in [0.2, 0.25) is 5.91 Å². The second-order valence-electron chi connectivity index (χ2n) is 6.03. The number of hydrogen-bond donors (Lipinski definition) is 4. The van der Waals surface area contributed by atoms with Crippen molar-refractivity contribution in [3.05, 3.63) is 0 Å².